The Kier molecular flexibility index (Phi) is 3.77. The molecular formula is C13H12BrF5O2. The summed E-state index contributed by atoms with van der Waals surface area (Å²) < 4.78 is 69.4. The summed E-state index contributed by atoms with van der Waals surface area (Å²) in [4.78, 5) is -0.646. The van der Waals surface area contributed by atoms with E-state index in [0.717, 1.165) is 6.07 Å². The third-order valence-corrected chi connectivity index (χ3v) is 4.96. The Morgan fingerprint density at radius 1 is 1.19 bits per heavy atom. The Morgan fingerprint density at radius 3 is 2.29 bits per heavy atom. The number of fused-ring (bicyclic) bond motifs is 1. The maximum Gasteiger partial charge on any atom is 0.458 e. The monoisotopic (exact) mass is 374 g/mol. The number of alkyl halides is 6. The lowest BCUT2D eigenvalue weighted by atomic mass is 9.90. The third-order valence-electron chi connectivity index (χ3n) is 3.36. The minimum atomic E-state index is -5.70. The van der Waals surface area contributed by atoms with Crippen molar-refractivity contribution < 1.29 is 31.8 Å². The summed E-state index contributed by atoms with van der Waals surface area (Å²) in [6.45, 7) is 3.33. The second-order valence-electron chi connectivity index (χ2n) is 5.38. The van der Waals surface area contributed by atoms with Crippen LogP contribution in [0.3, 0.4) is 0 Å². The lowest BCUT2D eigenvalue weighted by Crippen LogP contribution is -2.45. The molecule has 0 fully saturated rings. The van der Waals surface area contributed by atoms with Gasteiger partial charge in [0.05, 0.1) is 10.9 Å². The van der Waals surface area contributed by atoms with E-state index in [1.807, 2.05) is 0 Å². The van der Waals surface area contributed by atoms with E-state index in [-0.39, 0.29) is 11.3 Å². The molecule has 2 nitrogen and oxygen atoms in total. The average molecular weight is 375 g/mol. The number of aliphatic hydroxyl groups excluding tert-OH is 1. The van der Waals surface area contributed by atoms with Gasteiger partial charge < -0.3 is 9.84 Å². The SMILES string of the molecule is CC1(C)Oc2ccc(C(F)(F)C(F)(F)F)cc2[C@@H](O)[C@@H]1Br. The highest BCUT2D eigenvalue weighted by molar-refractivity contribution is 9.09. The van der Waals surface area contributed by atoms with Gasteiger partial charge >= 0.3 is 12.1 Å². The topological polar surface area (TPSA) is 29.5 Å². The lowest BCUT2D eigenvalue weighted by Gasteiger charge is -2.40. The third kappa shape index (κ3) is 2.63. The van der Waals surface area contributed by atoms with Gasteiger partial charge in [-0.15, -0.1) is 0 Å². The van der Waals surface area contributed by atoms with Crippen LogP contribution < -0.4 is 4.74 Å². The summed E-state index contributed by atoms with van der Waals surface area (Å²) in [7, 11) is 0. The van der Waals surface area contributed by atoms with Gasteiger partial charge in [0.1, 0.15) is 11.4 Å². The van der Waals surface area contributed by atoms with Gasteiger partial charge in [0.15, 0.2) is 0 Å². The van der Waals surface area contributed by atoms with E-state index >= 15 is 0 Å². The van der Waals surface area contributed by atoms with Crippen molar-refractivity contribution in [2.24, 2.45) is 0 Å². The molecule has 1 aliphatic rings. The largest absolute Gasteiger partial charge is 0.486 e. The standard InChI is InChI=1S/C13H12BrF5O2/c1-11(2)10(14)9(20)7-5-6(3-4-8(7)21-11)12(15,16)13(17,18)19/h3-5,9-10,20H,1-2H3/t9-,10+/m1/s1. The normalized spacial score (nSPS) is 25.2. The average Bonchev–Trinajstić information content (AvgIpc) is 2.34. The summed E-state index contributed by atoms with van der Waals surface area (Å²) in [5, 5.41) is 10.1. The van der Waals surface area contributed by atoms with Crippen molar-refractivity contribution in [2.75, 3.05) is 0 Å². The predicted octanol–water partition coefficient (Wildman–Crippen LogP) is 4.31. The van der Waals surface area contributed by atoms with Crippen LogP contribution in [0.2, 0.25) is 0 Å². The molecule has 2 atom stereocenters. The summed E-state index contributed by atoms with van der Waals surface area (Å²) in [6.07, 6.45) is -6.96. The van der Waals surface area contributed by atoms with Crippen LogP contribution in [0.1, 0.15) is 31.1 Å². The van der Waals surface area contributed by atoms with Crippen molar-refractivity contribution in [3.8, 4) is 5.75 Å². The van der Waals surface area contributed by atoms with Crippen LogP contribution in [0.25, 0.3) is 0 Å². The highest BCUT2D eigenvalue weighted by Crippen LogP contribution is 2.48. The molecule has 1 aromatic rings. The van der Waals surface area contributed by atoms with Crippen molar-refractivity contribution in [1.82, 2.24) is 0 Å². The first-order chi connectivity index (χ1) is 9.38. The number of halogens is 6. The highest BCUT2D eigenvalue weighted by Gasteiger charge is 2.59. The fourth-order valence-corrected chi connectivity index (χ4v) is 2.49. The minimum Gasteiger partial charge on any atom is -0.486 e. The molecule has 1 aromatic carbocycles. The fraction of sp³-hybridized carbons (Fsp3) is 0.538. The zero-order chi connectivity index (χ0) is 16.2. The molecule has 0 saturated heterocycles. The summed E-state index contributed by atoms with van der Waals surface area (Å²) >= 11 is 3.17. The van der Waals surface area contributed by atoms with Crippen molar-refractivity contribution in [3.63, 3.8) is 0 Å². The molecule has 0 saturated carbocycles. The lowest BCUT2D eigenvalue weighted by molar-refractivity contribution is -0.289. The van der Waals surface area contributed by atoms with Crippen molar-refractivity contribution >= 4 is 15.9 Å². The van der Waals surface area contributed by atoms with E-state index in [4.69, 9.17) is 4.74 Å². The summed E-state index contributed by atoms with van der Waals surface area (Å²) in [5.74, 6) is -4.90. The van der Waals surface area contributed by atoms with E-state index in [0.29, 0.717) is 12.1 Å². The predicted molar refractivity (Wildman–Crippen MR) is 68.8 cm³/mol. The summed E-state index contributed by atoms with van der Waals surface area (Å²) in [6, 6.07) is 2.31. The smallest absolute Gasteiger partial charge is 0.458 e. The molecule has 0 radical (unpaired) electrons. The first kappa shape index (κ1) is 16.5. The summed E-state index contributed by atoms with van der Waals surface area (Å²) in [5.41, 5.74) is -2.16. The Hall–Kier alpha value is -0.890. The van der Waals surface area contributed by atoms with Crippen LogP contribution in [0.4, 0.5) is 22.0 Å². The molecule has 0 aliphatic carbocycles. The first-order valence-corrected chi connectivity index (χ1v) is 6.89. The van der Waals surface area contributed by atoms with E-state index in [1.165, 1.54) is 0 Å². The van der Waals surface area contributed by atoms with Crippen LogP contribution in [-0.4, -0.2) is 21.7 Å². The quantitative estimate of drug-likeness (QED) is 0.586. The van der Waals surface area contributed by atoms with Crippen LogP contribution in [0.15, 0.2) is 18.2 Å². The zero-order valence-corrected chi connectivity index (χ0v) is 12.6. The fourth-order valence-electron chi connectivity index (χ4n) is 2.11. The second-order valence-corrected chi connectivity index (χ2v) is 6.36. The molecule has 0 amide bonds. The Bertz CT molecular complexity index is 556. The number of rotatable bonds is 1. The van der Waals surface area contributed by atoms with Crippen LogP contribution in [-0.2, 0) is 5.92 Å². The van der Waals surface area contributed by atoms with Gasteiger partial charge in [-0.2, -0.15) is 22.0 Å². The molecule has 0 bridgehead atoms. The molecule has 21 heavy (non-hydrogen) atoms. The van der Waals surface area contributed by atoms with Gasteiger partial charge in [-0.3, -0.25) is 0 Å². The molecule has 2 rings (SSSR count). The van der Waals surface area contributed by atoms with Gasteiger partial charge in [-0.1, -0.05) is 15.9 Å². The minimum absolute atomic E-state index is 0.0879. The van der Waals surface area contributed by atoms with Crippen LogP contribution in [0.5, 0.6) is 5.75 Å². The van der Waals surface area contributed by atoms with Gasteiger partial charge in [0.25, 0.3) is 0 Å². The van der Waals surface area contributed by atoms with E-state index < -0.39 is 34.2 Å². The molecule has 118 valence electrons. The maximum atomic E-state index is 13.4. The zero-order valence-electron chi connectivity index (χ0n) is 11.0. The van der Waals surface area contributed by atoms with Gasteiger partial charge in [0.2, 0.25) is 0 Å². The number of hydrogen-bond donors (Lipinski definition) is 1. The van der Waals surface area contributed by atoms with Crippen LogP contribution >= 0.6 is 15.9 Å². The second kappa shape index (κ2) is 4.81. The molecule has 1 aliphatic heterocycles. The molecule has 0 aromatic heterocycles. The Balaban J connectivity index is 2.51. The first-order valence-electron chi connectivity index (χ1n) is 5.98. The van der Waals surface area contributed by atoms with Gasteiger partial charge in [-0.05, 0) is 32.0 Å². The number of hydrogen-bond acceptors (Lipinski definition) is 2. The molecule has 0 spiro atoms. The van der Waals surface area contributed by atoms with Crippen molar-refractivity contribution in [1.29, 1.82) is 0 Å². The number of benzene rings is 1. The highest BCUT2D eigenvalue weighted by atomic mass is 79.9. The Labute approximate surface area is 126 Å². The molecule has 1 N–H and O–H groups in total. The number of ether oxygens (including phenoxy) is 1. The van der Waals surface area contributed by atoms with Crippen LogP contribution in [0, 0.1) is 0 Å². The maximum absolute atomic E-state index is 13.4. The molecule has 1 heterocycles. The molecular weight excluding hydrogens is 363 g/mol. The molecule has 8 heteroatoms. The van der Waals surface area contributed by atoms with Gasteiger partial charge in [-0.25, -0.2) is 0 Å². The van der Waals surface area contributed by atoms with Gasteiger partial charge in [0, 0.05) is 11.1 Å². The van der Waals surface area contributed by atoms with Crippen molar-refractivity contribution in [2.45, 2.75) is 42.5 Å². The van der Waals surface area contributed by atoms with E-state index in [1.54, 1.807) is 13.8 Å². The van der Waals surface area contributed by atoms with E-state index in [9.17, 15) is 27.1 Å². The Morgan fingerprint density at radius 2 is 1.76 bits per heavy atom. The van der Waals surface area contributed by atoms with E-state index in [2.05, 4.69) is 15.9 Å². The van der Waals surface area contributed by atoms with Crippen molar-refractivity contribution in [3.05, 3.63) is 29.3 Å². The molecule has 0 unspecified atom stereocenters. The number of aliphatic hydroxyl groups is 1.